The maximum absolute atomic E-state index is 11.3. The van der Waals surface area contributed by atoms with E-state index in [1.165, 1.54) is 5.56 Å². The second kappa shape index (κ2) is 8.15. The number of amides is 1. The van der Waals surface area contributed by atoms with E-state index in [0.717, 1.165) is 32.4 Å². The van der Waals surface area contributed by atoms with Gasteiger partial charge in [0.25, 0.3) is 0 Å². The normalized spacial score (nSPS) is 17.7. The number of carbonyl (C=O) groups excluding carboxylic acids is 1. The molecule has 1 atom stereocenters. The Balaban J connectivity index is 1.84. The van der Waals surface area contributed by atoms with Gasteiger partial charge >= 0.3 is 0 Å². The van der Waals surface area contributed by atoms with Crippen molar-refractivity contribution >= 4 is 5.91 Å². The summed E-state index contributed by atoms with van der Waals surface area (Å²) in [4.78, 5) is 13.2. The molecular weight excluding hydrogens is 266 g/mol. The first-order chi connectivity index (χ1) is 10.2. The minimum absolute atomic E-state index is 0.152. The van der Waals surface area contributed by atoms with Gasteiger partial charge in [-0.1, -0.05) is 30.3 Å². The Morgan fingerprint density at radius 3 is 2.52 bits per heavy atom. The van der Waals surface area contributed by atoms with Gasteiger partial charge < -0.3 is 14.4 Å². The molecule has 116 valence electrons. The van der Waals surface area contributed by atoms with Crippen molar-refractivity contribution in [2.24, 2.45) is 0 Å². The number of ether oxygens (including phenoxy) is 2. The van der Waals surface area contributed by atoms with E-state index in [-0.39, 0.29) is 18.3 Å². The Labute approximate surface area is 127 Å². The lowest BCUT2D eigenvalue weighted by molar-refractivity contribution is -0.176. The Morgan fingerprint density at radius 2 is 1.95 bits per heavy atom. The van der Waals surface area contributed by atoms with Gasteiger partial charge in [0.15, 0.2) is 6.29 Å². The summed E-state index contributed by atoms with van der Waals surface area (Å²) in [6.07, 6.45) is 2.52. The van der Waals surface area contributed by atoms with Gasteiger partial charge in [0.1, 0.15) is 0 Å². The molecule has 1 aliphatic heterocycles. The molecule has 4 nitrogen and oxygen atoms in total. The minimum Gasteiger partial charge on any atom is -0.353 e. The van der Waals surface area contributed by atoms with E-state index in [0.29, 0.717) is 6.61 Å². The van der Waals surface area contributed by atoms with Crippen LogP contribution in [0.3, 0.4) is 0 Å². The molecule has 0 spiro atoms. The first-order valence-electron chi connectivity index (χ1n) is 7.75. The van der Waals surface area contributed by atoms with Crippen molar-refractivity contribution in [3.8, 4) is 0 Å². The molecule has 1 amide bonds. The number of likely N-dealkylation sites (tertiary alicyclic amines) is 1. The second-order valence-corrected chi connectivity index (χ2v) is 5.42. The van der Waals surface area contributed by atoms with Crippen molar-refractivity contribution in [2.45, 2.75) is 45.5 Å². The zero-order chi connectivity index (χ0) is 15.1. The van der Waals surface area contributed by atoms with Crippen LogP contribution >= 0.6 is 0 Å². The molecule has 1 heterocycles. The summed E-state index contributed by atoms with van der Waals surface area (Å²) in [7, 11) is 0. The highest BCUT2D eigenvalue weighted by molar-refractivity contribution is 5.73. The molecule has 1 saturated heterocycles. The van der Waals surface area contributed by atoms with Crippen LogP contribution in [0.2, 0.25) is 0 Å². The number of carbonyl (C=O) groups is 1. The summed E-state index contributed by atoms with van der Waals surface area (Å²) in [6.45, 7) is 5.82. The number of piperidine rings is 1. The standard InChI is InChI=1S/C17H25NO3/c1-3-20-17(13-15-7-5-4-6-8-15)21-16-9-11-18(12-10-16)14(2)19/h4-8,16-17H,3,9-13H2,1-2H3. The van der Waals surface area contributed by atoms with Crippen molar-refractivity contribution in [3.05, 3.63) is 35.9 Å². The van der Waals surface area contributed by atoms with Gasteiger partial charge in [-0.05, 0) is 25.3 Å². The number of hydrogen-bond acceptors (Lipinski definition) is 3. The fraction of sp³-hybridized carbons (Fsp3) is 0.588. The first kappa shape index (κ1) is 16.0. The van der Waals surface area contributed by atoms with Crippen molar-refractivity contribution in [1.82, 2.24) is 4.90 Å². The predicted molar refractivity (Wildman–Crippen MR) is 81.9 cm³/mol. The van der Waals surface area contributed by atoms with Crippen LogP contribution < -0.4 is 0 Å². The molecular formula is C17H25NO3. The molecule has 1 fully saturated rings. The van der Waals surface area contributed by atoms with E-state index in [2.05, 4.69) is 12.1 Å². The van der Waals surface area contributed by atoms with Gasteiger partial charge in [-0.25, -0.2) is 0 Å². The van der Waals surface area contributed by atoms with Gasteiger partial charge in [0.05, 0.1) is 6.10 Å². The SMILES string of the molecule is CCOC(Cc1ccccc1)OC1CCN(C(C)=O)CC1. The summed E-state index contributed by atoms with van der Waals surface area (Å²) in [5.74, 6) is 0.152. The van der Waals surface area contributed by atoms with Crippen LogP contribution in [-0.4, -0.2) is 42.9 Å². The van der Waals surface area contributed by atoms with Crippen LogP contribution in [0.1, 0.15) is 32.3 Å². The number of nitrogens with zero attached hydrogens (tertiary/aromatic N) is 1. The van der Waals surface area contributed by atoms with E-state index in [1.807, 2.05) is 30.0 Å². The molecule has 1 aliphatic rings. The fourth-order valence-electron chi connectivity index (χ4n) is 2.66. The summed E-state index contributed by atoms with van der Waals surface area (Å²) in [5, 5.41) is 0. The molecule has 0 aromatic heterocycles. The third kappa shape index (κ3) is 5.14. The maximum atomic E-state index is 11.3. The quantitative estimate of drug-likeness (QED) is 0.756. The van der Waals surface area contributed by atoms with Gasteiger partial charge in [-0.15, -0.1) is 0 Å². The van der Waals surface area contributed by atoms with Crippen molar-refractivity contribution in [3.63, 3.8) is 0 Å². The topological polar surface area (TPSA) is 38.8 Å². The average Bonchev–Trinajstić information content (AvgIpc) is 2.49. The van der Waals surface area contributed by atoms with Gasteiger partial charge in [-0.2, -0.15) is 0 Å². The summed E-state index contributed by atoms with van der Waals surface area (Å²) in [6, 6.07) is 10.3. The van der Waals surface area contributed by atoms with Gasteiger partial charge in [0.2, 0.25) is 5.91 Å². The molecule has 0 aliphatic carbocycles. The van der Waals surface area contributed by atoms with Crippen molar-refractivity contribution in [2.75, 3.05) is 19.7 Å². The van der Waals surface area contributed by atoms with E-state index >= 15 is 0 Å². The molecule has 1 unspecified atom stereocenters. The van der Waals surface area contributed by atoms with Gasteiger partial charge in [0, 0.05) is 33.0 Å². The highest BCUT2D eigenvalue weighted by Crippen LogP contribution is 2.18. The average molecular weight is 291 g/mol. The summed E-state index contributed by atoms with van der Waals surface area (Å²) in [5.41, 5.74) is 1.22. The maximum Gasteiger partial charge on any atom is 0.219 e. The Morgan fingerprint density at radius 1 is 1.29 bits per heavy atom. The molecule has 1 aromatic carbocycles. The molecule has 0 saturated carbocycles. The highest BCUT2D eigenvalue weighted by Gasteiger charge is 2.24. The third-order valence-electron chi connectivity index (χ3n) is 3.83. The first-order valence-corrected chi connectivity index (χ1v) is 7.75. The van der Waals surface area contributed by atoms with E-state index in [1.54, 1.807) is 6.92 Å². The predicted octanol–water partition coefficient (Wildman–Crippen LogP) is 2.62. The lowest BCUT2D eigenvalue weighted by atomic mass is 10.1. The zero-order valence-electron chi connectivity index (χ0n) is 13.0. The molecule has 0 radical (unpaired) electrons. The molecule has 21 heavy (non-hydrogen) atoms. The van der Waals surface area contributed by atoms with Crippen LogP contribution in [0.5, 0.6) is 0 Å². The Bertz CT molecular complexity index is 427. The number of rotatable bonds is 6. The van der Waals surface area contributed by atoms with Crippen LogP contribution in [0.15, 0.2) is 30.3 Å². The fourth-order valence-corrected chi connectivity index (χ4v) is 2.66. The van der Waals surface area contributed by atoms with E-state index < -0.39 is 0 Å². The van der Waals surface area contributed by atoms with Crippen LogP contribution in [-0.2, 0) is 20.7 Å². The third-order valence-corrected chi connectivity index (χ3v) is 3.83. The lowest BCUT2D eigenvalue weighted by Crippen LogP contribution is -2.41. The minimum atomic E-state index is -0.203. The Hall–Kier alpha value is -1.39. The smallest absolute Gasteiger partial charge is 0.219 e. The highest BCUT2D eigenvalue weighted by atomic mass is 16.7. The number of hydrogen-bond donors (Lipinski definition) is 0. The second-order valence-electron chi connectivity index (χ2n) is 5.42. The molecule has 4 heteroatoms. The van der Waals surface area contributed by atoms with Crippen molar-refractivity contribution < 1.29 is 14.3 Å². The Kier molecular flexibility index (Phi) is 6.21. The summed E-state index contributed by atoms with van der Waals surface area (Å²) < 4.78 is 11.8. The van der Waals surface area contributed by atoms with Crippen LogP contribution in [0.25, 0.3) is 0 Å². The molecule has 1 aromatic rings. The monoisotopic (exact) mass is 291 g/mol. The largest absolute Gasteiger partial charge is 0.353 e. The van der Waals surface area contributed by atoms with Gasteiger partial charge in [-0.3, -0.25) is 4.79 Å². The molecule has 2 rings (SSSR count). The van der Waals surface area contributed by atoms with Crippen molar-refractivity contribution in [1.29, 1.82) is 0 Å². The van der Waals surface area contributed by atoms with E-state index in [4.69, 9.17) is 9.47 Å². The van der Waals surface area contributed by atoms with Crippen LogP contribution in [0.4, 0.5) is 0 Å². The molecule has 0 N–H and O–H groups in total. The van der Waals surface area contributed by atoms with E-state index in [9.17, 15) is 4.79 Å². The molecule has 0 bridgehead atoms. The van der Waals surface area contributed by atoms with Crippen LogP contribution in [0, 0.1) is 0 Å². The number of benzene rings is 1. The zero-order valence-corrected chi connectivity index (χ0v) is 13.0. The summed E-state index contributed by atoms with van der Waals surface area (Å²) >= 11 is 0. The lowest BCUT2D eigenvalue weighted by Gasteiger charge is -2.33.